The predicted octanol–water partition coefficient (Wildman–Crippen LogP) is 1.46. The highest BCUT2D eigenvalue weighted by molar-refractivity contribution is 5.44. The van der Waals surface area contributed by atoms with Crippen molar-refractivity contribution in [2.45, 2.75) is 19.4 Å². The Morgan fingerprint density at radius 1 is 1.47 bits per heavy atom. The van der Waals surface area contributed by atoms with E-state index in [0.29, 0.717) is 24.1 Å². The summed E-state index contributed by atoms with van der Waals surface area (Å²) in [6.07, 6.45) is 0. The third-order valence-electron chi connectivity index (χ3n) is 2.33. The molecule has 17 heavy (non-hydrogen) atoms. The molecule has 6 nitrogen and oxygen atoms in total. The lowest BCUT2D eigenvalue weighted by Crippen LogP contribution is -2.38. The lowest BCUT2D eigenvalue weighted by Gasteiger charge is -2.18. The zero-order valence-electron chi connectivity index (χ0n) is 10.1. The van der Waals surface area contributed by atoms with Crippen LogP contribution in [0, 0.1) is 6.92 Å². The first-order valence-corrected chi connectivity index (χ1v) is 5.22. The number of hydrogen-bond acceptors (Lipinski definition) is 6. The molecule has 0 fully saturated rings. The van der Waals surface area contributed by atoms with E-state index in [-0.39, 0.29) is 0 Å². The van der Waals surface area contributed by atoms with Gasteiger partial charge in [0.05, 0.1) is 6.61 Å². The molecule has 1 atom stereocenters. The molecule has 0 bridgehead atoms. The summed E-state index contributed by atoms with van der Waals surface area (Å²) in [5.74, 6) is 2.03. The van der Waals surface area contributed by atoms with E-state index in [4.69, 9.17) is 19.4 Å². The zero-order chi connectivity index (χ0) is 12.5. The number of nitrogens with two attached hydrogens (primary N) is 1. The molecule has 2 heterocycles. The van der Waals surface area contributed by atoms with Gasteiger partial charge in [0.25, 0.3) is 5.89 Å². The van der Waals surface area contributed by atoms with Gasteiger partial charge in [-0.1, -0.05) is 5.16 Å². The molecule has 0 saturated heterocycles. The quantitative estimate of drug-likeness (QED) is 0.866. The number of aryl methyl sites for hydroxylation is 1. The Kier molecular flexibility index (Phi) is 2.99. The van der Waals surface area contributed by atoms with E-state index in [9.17, 15) is 0 Å². The molecular weight excluding hydrogens is 222 g/mol. The maximum atomic E-state index is 6.00. The highest BCUT2D eigenvalue weighted by Crippen LogP contribution is 2.22. The molecule has 2 N–H and O–H groups in total. The van der Waals surface area contributed by atoms with Gasteiger partial charge in [0.1, 0.15) is 11.3 Å². The maximum absolute atomic E-state index is 6.00. The van der Waals surface area contributed by atoms with Crippen molar-refractivity contribution in [1.82, 2.24) is 10.1 Å². The van der Waals surface area contributed by atoms with Crippen molar-refractivity contribution in [1.29, 1.82) is 0 Å². The van der Waals surface area contributed by atoms with Gasteiger partial charge in [-0.05, 0) is 26.0 Å². The van der Waals surface area contributed by atoms with Crippen LogP contribution in [-0.4, -0.2) is 23.9 Å². The molecule has 0 amide bonds. The molecule has 0 aliphatic rings. The van der Waals surface area contributed by atoms with Crippen molar-refractivity contribution in [2.75, 3.05) is 13.7 Å². The van der Waals surface area contributed by atoms with Crippen LogP contribution in [0.15, 0.2) is 21.1 Å². The highest BCUT2D eigenvalue weighted by Gasteiger charge is 2.28. The Bertz CT molecular complexity index is 502. The minimum absolute atomic E-state index is 0.309. The standard InChI is InChI=1S/C11H15N3O3/c1-7-4-5-8(16-7)9-13-10(14-17-9)11(2,12)6-15-3/h4-5H,6,12H2,1-3H3. The Morgan fingerprint density at radius 2 is 2.24 bits per heavy atom. The molecule has 6 heteroatoms. The Balaban J connectivity index is 2.27. The van der Waals surface area contributed by atoms with Crippen LogP contribution in [0.1, 0.15) is 18.5 Å². The third kappa shape index (κ3) is 2.37. The SMILES string of the molecule is COCC(C)(N)c1noc(-c2ccc(C)o2)n1. The van der Waals surface area contributed by atoms with E-state index in [1.165, 1.54) is 0 Å². The molecule has 92 valence electrons. The predicted molar refractivity (Wildman–Crippen MR) is 60.2 cm³/mol. The van der Waals surface area contributed by atoms with E-state index in [0.717, 1.165) is 5.76 Å². The summed E-state index contributed by atoms with van der Waals surface area (Å²) < 4.78 is 15.5. The van der Waals surface area contributed by atoms with Crippen molar-refractivity contribution in [2.24, 2.45) is 5.73 Å². The first-order valence-electron chi connectivity index (χ1n) is 5.22. The lowest BCUT2D eigenvalue weighted by atomic mass is 10.1. The molecule has 0 saturated carbocycles. The van der Waals surface area contributed by atoms with Gasteiger partial charge in [-0.15, -0.1) is 0 Å². The average molecular weight is 237 g/mol. The second-order valence-electron chi connectivity index (χ2n) is 4.18. The van der Waals surface area contributed by atoms with Gasteiger partial charge in [-0.2, -0.15) is 4.98 Å². The molecular formula is C11H15N3O3. The van der Waals surface area contributed by atoms with Crippen molar-refractivity contribution in [3.63, 3.8) is 0 Å². The number of methoxy groups -OCH3 is 1. The van der Waals surface area contributed by atoms with Gasteiger partial charge in [-0.3, -0.25) is 0 Å². The van der Waals surface area contributed by atoms with Crippen LogP contribution in [0.3, 0.4) is 0 Å². The molecule has 2 aromatic rings. The normalized spacial score (nSPS) is 14.8. The second kappa shape index (κ2) is 4.31. The fourth-order valence-corrected chi connectivity index (χ4v) is 1.47. The number of ether oxygens (including phenoxy) is 1. The minimum Gasteiger partial charge on any atom is -0.456 e. The molecule has 0 spiro atoms. The Morgan fingerprint density at radius 3 is 2.82 bits per heavy atom. The van der Waals surface area contributed by atoms with Gasteiger partial charge in [0.2, 0.25) is 0 Å². The summed E-state index contributed by atoms with van der Waals surface area (Å²) in [6, 6.07) is 3.60. The van der Waals surface area contributed by atoms with Crippen LogP contribution in [0.2, 0.25) is 0 Å². The number of nitrogens with zero attached hydrogens (tertiary/aromatic N) is 2. The first kappa shape index (κ1) is 11.8. The average Bonchev–Trinajstić information content (AvgIpc) is 2.85. The topological polar surface area (TPSA) is 87.3 Å². The minimum atomic E-state index is -0.780. The molecule has 0 radical (unpaired) electrons. The molecule has 1 unspecified atom stereocenters. The monoisotopic (exact) mass is 237 g/mol. The van der Waals surface area contributed by atoms with Crippen LogP contribution in [0.4, 0.5) is 0 Å². The third-order valence-corrected chi connectivity index (χ3v) is 2.33. The van der Waals surface area contributed by atoms with Gasteiger partial charge in [0, 0.05) is 7.11 Å². The summed E-state index contributed by atoms with van der Waals surface area (Å²) in [7, 11) is 1.57. The van der Waals surface area contributed by atoms with Crippen LogP contribution < -0.4 is 5.73 Å². The first-order chi connectivity index (χ1) is 8.03. The summed E-state index contributed by atoms with van der Waals surface area (Å²) in [6.45, 7) is 3.93. The summed E-state index contributed by atoms with van der Waals surface area (Å²) in [4.78, 5) is 4.21. The Labute approximate surface area is 98.7 Å². The van der Waals surface area contributed by atoms with E-state index in [2.05, 4.69) is 10.1 Å². The summed E-state index contributed by atoms with van der Waals surface area (Å²) >= 11 is 0. The van der Waals surface area contributed by atoms with Crippen molar-refractivity contribution in [3.8, 4) is 11.7 Å². The zero-order valence-corrected chi connectivity index (χ0v) is 10.1. The van der Waals surface area contributed by atoms with E-state index in [1.807, 2.05) is 13.0 Å². The molecule has 0 aliphatic carbocycles. The molecule has 2 rings (SSSR count). The van der Waals surface area contributed by atoms with Crippen molar-refractivity contribution < 1.29 is 13.7 Å². The Hall–Kier alpha value is -1.66. The number of hydrogen-bond donors (Lipinski definition) is 1. The smallest absolute Gasteiger partial charge is 0.293 e. The van der Waals surface area contributed by atoms with Gasteiger partial charge < -0.3 is 19.4 Å². The van der Waals surface area contributed by atoms with Gasteiger partial charge >= 0.3 is 0 Å². The van der Waals surface area contributed by atoms with Crippen molar-refractivity contribution in [3.05, 3.63) is 23.7 Å². The molecule has 2 aromatic heterocycles. The maximum Gasteiger partial charge on any atom is 0.293 e. The second-order valence-corrected chi connectivity index (χ2v) is 4.18. The van der Waals surface area contributed by atoms with Crippen LogP contribution in [0.25, 0.3) is 11.7 Å². The lowest BCUT2D eigenvalue weighted by molar-refractivity contribution is 0.135. The van der Waals surface area contributed by atoms with Crippen LogP contribution in [0.5, 0.6) is 0 Å². The van der Waals surface area contributed by atoms with E-state index in [1.54, 1.807) is 20.1 Å². The number of rotatable bonds is 4. The number of aromatic nitrogens is 2. The summed E-state index contributed by atoms with van der Waals surface area (Å²) in [5, 5.41) is 3.84. The van der Waals surface area contributed by atoms with Gasteiger partial charge in [0.15, 0.2) is 11.6 Å². The van der Waals surface area contributed by atoms with Crippen LogP contribution in [-0.2, 0) is 10.3 Å². The molecule has 0 aromatic carbocycles. The fraction of sp³-hybridized carbons (Fsp3) is 0.455. The van der Waals surface area contributed by atoms with E-state index < -0.39 is 5.54 Å². The largest absolute Gasteiger partial charge is 0.456 e. The summed E-state index contributed by atoms with van der Waals surface area (Å²) in [5.41, 5.74) is 5.22. The highest BCUT2D eigenvalue weighted by atomic mass is 16.5. The van der Waals surface area contributed by atoms with Crippen LogP contribution >= 0.6 is 0 Å². The van der Waals surface area contributed by atoms with Crippen molar-refractivity contribution >= 4 is 0 Å². The number of furan rings is 1. The van der Waals surface area contributed by atoms with E-state index >= 15 is 0 Å². The fourth-order valence-electron chi connectivity index (χ4n) is 1.47. The van der Waals surface area contributed by atoms with Gasteiger partial charge in [-0.25, -0.2) is 0 Å². The molecule has 0 aliphatic heterocycles.